The summed E-state index contributed by atoms with van der Waals surface area (Å²) in [5, 5.41) is 3.34. The van der Waals surface area contributed by atoms with Gasteiger partial charge in [0.1, 0.15) is 5.75 Å². The second-order valence-electron chi connectivity index (χ2n) is 4.96. The van der Waals surface area contributed by atoms with Crippen LogP contribution in [-0.4, -0.2) is 6.04 Å². The molecule has 0 unspecified atom stereocenters. The molecular formula is C16H16Br2FNO. The van der Waals surface area contributed by atoms with Gasteiger partial charge in [0.2, 0.25) is 0 Å². The van der Waals surface area contributed by atoms with E-state index in [9.17, 15) is 4.39 Å². The molecule has 0 atom stereocenters. The molecule has 0 saturated carbocycles. The second-order valence-corrected chi connectivity index (χ2v) is 6.80. The molecule has 0 heterocycles. The maximum atomic E-state index is 13.9. The summed E-state index contributed by atoms with van der Waals surface area (Å²) in [5.74, 6) is 0.467. The lowest BCUT2D eigenvalue weighted by atomic mass is 10.2. The molecule has 0 bridgehead atoms. The minimum atomic E-state index is -0.393. The van der Waals surface area contributed by atoms with E-state index >= 15 is 0 Å². The Hall–Kier alpha value is -0.910. The summed E-state index contributed by atoms with van der Waals surface area (Å²) >= 11 is 6.68. The molecular weight excluding hydrogens is 401 g/mol. The summed E-state index contributed by atoms with van der Waals surface area (Å²) in [6.07, 6.45) is 0. The van der Waals surface area contributed by atoms with Crippen molar-refractivity contribution in [1.82, 2.24) is 5.32 Å². The van der Waals surface area contributed by atoms with Crippen LogP contribution in [0.2, 0.25) is 0 Å². The first-order chi connectivity index (χ1) is 9.95. The van der Waals surface area contributed by atoms with Crippen molar-refractivity contribution in [2.45, 2.75) is 26.4 Å². The van der Waals surface area contributed by atoms with Crippen molar-refractivity contribution < 1.29 is 9.13 Å². The Morgan fingerprint density at radius 1 is 1.05 bits per heavy atom. The minimum absolute atomic E-state index is 0.214. The van der Waals surface area contributed by atoms with Crippen LogP contribution in [0.4, 0.5) is 4.39 Å². The Balaban J connectivity index is 2.26. The molecule has 0 radical (unpaired) electrons. The van der Waals surface area contributed by atoms with Crippen LogP contribution < -0.4 is 10.1 Å². The lowest BCUT2D eigenvalue weighted by Gasteiger charge is -2.14. The van der Waals surface area contributed by atoms with Crippen molar-refractivity contribution >= 4 is 31.9 Å². The lowest BCUT2D eigenvalue weighted by molar-refractivity contribution is 0.434. The molecule has 2 nitrogen and oxygen atoms in total. The van der Waals surface area contributed by atoms with E-state index in [0.29, 0.717) is 22.8 Å². The Labute approximate surface area is 141 Å². The molecule has 0 spiro atoms. The maximum absolute atomic E-state index is 13.9. The van der Waals surface area contributed by atoms with E-state index in [4.69, 9.17) is 4.74 Å². The lowest BCUT2D eigenvalue weighted by Crippen LogP contribution is -2.22. The van der Waals surface area contributed by atoms with Crippen molar-refractivity contribution in [3.63, 3.8) is 0 Å². The predicted molar refractivity (Wildman–Crippen MR) is 90.3 cm³/mol. The highest BCUT2D eigenvalue weighted by atomic mass is 79.9. The van der Waals surface area contributed by atoms with Gasteiger partial charge in [0, 0.05) is 27.1 Å². The van der Waals surface area contributed by atoms with Crippen molar-refractivity contribution in [3.8, 4) is 11.5 Å². The molecule has 2 aromatic rings. The van der Waals surface area contributed by atoms with Gasteiger partial charge in [0.05, 0.1) is 0 Å². The first-order valence-corrected chi connectivity index (χ1v) is 8.19. The molecule has 0 saturated heterocycles. The van der Waals surface area contributed by atoms with Crippen molar-refractivity contribution in [2.75, 3.05) is 0 Å². The monoisotopic (exact) mass is 415 g/mol. The first kappa shape index (κ1) is 16.5. The van der Waals surface area contributed by atoms with Gasteiger partial charge in [-0.05, 0) is 36.4 Å². The van der Waals surface area contributed by atoms with E-state index < -0.39 is 5.82 Å². The highest BCUT2D eigenvalue weighted by molar-refractivity contribution is 9.10. The van der Waals surface area contributed by atoms with Gasteiger partial charge in [0.15, 0.2) is 11.6 Å². The molecule has 2 rings (SSSR count). The van der Waals surface area contributed by atoms with E-state index in [1.165, 1.54) is 6.07 Å². The summed E-state index contributed by atoms with van der Waals surface area (Å²) in [4.78, 5) is 0. The number of hydrogen-bond acceptors (Lipinski definition) is 2. The van der Waals surface area contributed by atoms with Gasteiger partial charge in [-0.1, -0.05) is 45.7 Å². The molecule has 112 valence electrons. The number of rotatable bonds is 5. The highest BCUT2D eigenvalue weighted by Gasteiger charge is 2.10. The second kappa shape index (κ2) is 7.38. The van der Waals surface area contributed by atoms with Crippen LogP contribution >= 0.6 is 31.9 Å². The largest absolute Gasteiger partial charge is 0.454 e. The van der Waals surface area contributed by atoms with Gasteiger partial charge in [0.25, 0.3) is 0 Å². The average molecular weight is 417 g/mol. The fourth-order valence-electron chi connectivity index (χ4n) is 1.78. The van der Waals surface area contributed by atoms with E-state index in [-0.39, 0.29) is 5.75 Å². The third-order valence-corrected chi connectivity index (χ3v) is 3.82. The van der Waals surface area contributed by atoms with Crippen LogP contribution in [-0.2, 0) is 6.54 Å². The smallest absolute Gasteiger partial charge is 0.166 e. The quantitative estimate of drug-likeness (QED) is 0.680. The number of halogens is 3. The van der Waals surface area contributed by atoms with Crippen LogP contribution in [0.1, 0.15) is 19.4 Å². The van der Waals surface area contributed by atoms with Crippen LogP contribution in [0, 0.1) is 5.82 Å². The van der Waals surface area contributed by atoms with Gasteiger partial charge < -0.3 is 10.1 Å². The summed E-state index contributed by atoms with van der Waals surface area (Å²) in [6, 6.07) is 10.8. The molecule has 21 heavy (non-hydrogen) atoms. The topological polar surface area (TPSA) is 21.3 Å². The summed E-state index contributed by atoms with van der Waals surface area (Å²) < 4.78 is 21.3. The van der Waals surface area contributed by atoms with Crippen LogP contribution in [0.15, 0.2) is 45.3 Å². The Bertz CT molecular complexity index is 632. The molecule has 0 fully saturated rings. The van der Waals surface area contributed by atoms with Crippen molar-refractivity contribution in [3.05, 3.63) is 56.7 Å². The van der Waals surface area contributed by atoms with Gasteiger partial charge in [-0.25, -0.2) is 4.39 Å². The Kier molecular flexibility index (Phi) is 5.79. The van der Waals surface area contributed by atoms with Gasteiger partial charge >= 0.3 is 0 Å². The minimum Gasteiger partial charge on any atom is -0.454 e. The zero-order valence-electron chi connectivity index (χ0n) is 11.8. The summed E-state index contributed by atoms with van der Waals surface area (Å²) in [5.41, 5.74) is 0.973. The zero-order chi connectivity index (χ0) is 15.4. The Morgan fingerprint density at radius 2 is 1.67 bits per heavy atom. The van der Waals surface area contributed by atoms with Crippen LogP contribution in [0.25, 0.3) is 0 Å². The van der Waals surface area contributed by atoms with E-state index in [0.717, 1.165) is 10.0 Å². The molecule has 0 aliphatic rings. The average Bonchev–Trinajstić information content (AvgIpc) is 2.41. The Morgan fingerprint density at radius 3 is 2.29 bits per heavy atom. The van der Waals surface area contributed by atoms with E-state index in [1.807, 2.05) is 18.2 Å². The van der Waals surface area contributed by atoms with E-state index in [2.05, 4.69) is 51.0 Å². The third-order valence-electron chi connectivity index (χ3n) is 2.84. The fourth-order valence-corrected chi connectivity index (χ4v) is 2.52. The van der Waals surface area contributed by atoms with Gasteiger partial charge in [-0.3, -0.25) is 0 Å². The predicted octanol–water partition coefficient (Wildman–Crippen LogP) is 5.64. The molecule has 0 amide bonds. The van der Waals surface area contributed by atoms with Crippen LogP contribution in [0.3, 0.4) is 0 Å². The van der Waals surface area contributed by atoms with Gasteiger partial charge in [-0.15, -0.1) is 0 Å². The van der Waals surface area contributed by atoms with E-state index in [1.54, 1.807) is 12.1 Å². The molecule has 0 aromatic heterocycles. The van der Waals surface area contributed by atoms with Gasteiger partial charge in [-0.2, -0.15) is 0 Å². The number of nitrogens with one attached hydrogen (secondary N) is 1. The molecule has 0 aliphatic heterocycles. The number of ether oxygens (including phenoxy) is 1. The number of benzene rings is 2. The number of hydrogen-bond donors (Lipinski definition) is 1. The molecule has 5 heteroatoms. The molecule has 0 aliphatic carbocycles. The van der Waals surface area contributed by atoms with Crippen molar-refractivity contribution in [2.24, 2.45) is 0 Å². The van der Waals surface area contributed by atoms with Crippen molar-refractivity contribution in [1.29, 1.82) is 0 Å². The zero-order valence-corrected chi connectivity index (χ0v) is 15.0. The normalized spacial score (nSPS) is 11.0. The first-order valence-electron chi connectivity index (χ1n) is 6.60. The fraction of sp³-hybridized carbons (Fsp3) is 0.250. The van der Waals surface area contributed by atoms with Crippen LogP contribution in [0.5, 0.6) is 11.5 Å². The standard InChI is InChI=1S/C16H16Br2FNO/c1-10(2)20-9-11-7-12(17)3-5-15(11)21-16-6-4-13(18)8-14(16)19/h3-8,10,20H,9H2,1-2H3. The molecule has 1 N–H and O–H groups in total. The summed E-state index contributed by atoms with van der Waals surface area (Å²) in [7, 11) is 0. The maximum Gasteiger partial charge on any atom is 0.166 e. The summed E-state index contributed by atoms with van der Waals surface area (Å²) in [6.45, 7) is 4.81. The third kappa shape index (κ3) is 4.80. The highest BCUT2D eigenvalue weighted by Crippen LogP contribution is 2.30. The SMILES string of the molecule is CC(C)NCc1cc(Br)ccc1Oc1ccc(Br)cc1F. The molecule has 2 aromatic carbocycles.